The highest BCUT2D eigenvalue weighted by Gasteiger charge is 2.26. The first-order valence-corrected chi connectivity index (χ1v) is 5.85. The Balaban J connectivity index is 2.28. The van der Waals surface area contributed by atoms with Gasteiger partial charge in [0.05, 0.1) is 0 Å². The molecule has 0 fully saturated rings. The van der Waals surface area contributed by atoms with Gasteiger partial charge in [0.2, 0.25) is 0 Å². The number of fused-ring (bicyclic) bond motifs is 1. The van der Waals surface area contributed by atoms with Gasteiger partial charge in [-0.3, -0.25) is 0 Å². The van der Waals surface area contributed by atoms with Gasteiger partial charge in [-0.15, -0.1) is 0 Å². The predicted molar refractivity (Wildman–Crippen MR) is 69.1 cm³/mol. The molecular weight excluding hydrogens is 230 g/mol. The van der Waals surface area contributed by atoms with Crippen molar-refractivity contribution in [2.24, 2.45) is 0 Å². The van der Waals surface area contributed by atoms with Crippen LogP contribution in [0.5, 0.6) is 0 Å². The molecule has 0 radical (unpaired) electrons. The number of aliphatic hydroxyl groups excluding tert-OH is 1. The van der Waals surface area contributed by atoms with Crippen LogP contribution in [0.15, 0.2) is 30.5 Å². The van der Waals surface area contributed by atoms with E-state index >= 15 is 0 Å². The SMILES string of the molecule is CC(C)(C)OC(=O)C(O)c1c[nH]c2ccccc12. The Bertz CT molecular complexity index is 566. The molecule has 0 saturated heterocycles. The summed E-state index contributed by atoms with van der Waals surface area (Å²) in [5.74, 6) is -0.632. The number of esters is 1. The molecule has 0 amide bonds. The lowest BCUT2D eigenvalue weighted by atomic mass is 10.1. The summed E-state index contributed by atoms with van der Waals surface area (Å²) in [5.41, 5.74) is 0.819. The molecule has 2 N–H and O–H groups in total. The molecule has 0 aliphatic carbocycles. The molecule has 0 saturated carbocycles. The number of hydrogen-bond donors (Lipinski definition) is 2. The highest BCUT2D eigenvalue weighted by atomic mass is 16.6. The maximum absolute atomic E-state index is 11.8. The number of aromatic nitrogens is 1. The molecule has 0 spiro atoms. The second-order valence-corrected chi connectivity index (χ2v) is 5.23. The zero-order chi connectivity index (χ0) is 13.3. The van der Waals surface area contributed by atoms with Crippen molar-refractivity contribution in [1.82, 2.24) is 4.98 Å². The summed E-state index contributed by atoms with van der Waals surface area (Å²) < 4.78 is 5.17. The van der Waals surface area contributed by atoms with Crippen molar-refractivity contribution in [3.63, 3.8) is 0 Å². The summed E-state index contributed by atoms with van der Waals surface area (Å²) >= 11 is 0. The van der Waals surface area contributed by atoms with E-state index in [0.29, 0.717) is 5.56 Å². The van der Waals surface area contributed by atoms with Gasteiger partial charge in [-0.1, -0.05) is 18.2 Å². The Labute approximate surface area is 106 Å². The highest BCUT2D eigenvalue weighted by Crippen LogP contribution is 2.25. The van der Waals surface area contributed by atoms with E-state index in [-0.39, 0.29) is 0 Å². The third-order valence-corrected chi connectivity index (χ3v) is 2.55. The third kappa shape index (κ3) is 2.54. The molecule has 1 aromatic carbocycles. The van der Waals surface area contributed by atoms with Crippen LogP contribution in [-0.4, -0.2) is 21.7 Å². The van der Waals surface area contributed by atoms with Crippen LogP contribution in [0.3, 0.4) is 0 Å². The van der Waals surface area contributed by atoms with Crippen LogP contribution in [-0.2, 0) is 9.53 Å². The Morgan fingerprint density at radius 1 is 1.33 bits per heavy atom. The van der Waals surface area contributed by atoms with Gasteiger partial charge < -0.3 is 14.8 Å². The van der Waals surface area contributed by atoms with E-state index in [2.05, 4.69) is 4.98 Å². The first-order chi connectivity index (χ1) is 8.38. The number of para-hydroxylation sites is 1. The van der Waals surface area contributed by atoms with Crippen LogP contribution >= 0.6 is 0 Å². The second-order valence-electron chi connectivity index (χ2n) is 5.23. The maximum atomic E-state index is 11.8. The van der Waals surface area contributed by atoms with Gasteiger partial charge in [-0.05, 0) is 26.8 Å². The highest BCUT2D eigenvalue weighted by molar-refractivity contribution is 5.89. The number of aromatic amines is 1. The van der Waals surface area contributed by atoms with Crippen molar-refractivity contribution < 1.29 is 14.6 Å². The zero-order valence-corrected chi connectivity index (χ0v) is 10.7. The molecule has 0 aliphatic rings. The molecular formula is C14H17NO3. The molecule has 4 nitrogen and oxygen atoms in total. The van der Waals surface area contributed by atoms with E-state index in [1.165, 1.54) is 0 Å². The Morgan fingerprint density at radius 3 is 2.67 bits per heavy atom. The van der Waals surface area contributed by atoms with E-state index in [4.69, 9.17) is 4.74 Å². The number of carbonyl (C=O) groups excluding carboxylic acids is 1. The van der Waals surface area contributed by atoms with Gasteiger partial charge in [0.15, 0.2) is 6.10 Å². The van der Waals surface area contributed by atoms with Crippen molar-refractivity contribution in [2.45, 2.75) is 32.5 Å². The number of carbonyl (C=O) groups is 1. The number of nitrogens with one attached hydrogen (secondary N) is 1. The lowest BCUT2D eigenvalue weighted by Gasteiger charge is -2.21. The van der Waals surface area contributed by atoms with Gasteiger partial charge in [0.1, 0.15) is 5.60 Å². The molecule has 0 bridgehead atoms. The standard InChI is InChI=1S/C14H17NO3/c1-14(2,3)18-13(17)12(16)10-8-15-11-7-5-4-6-9(10)11/h4-8,12,15-16H,1-3H3. The average Bonchev–Trinajstić information content (AvgIpc) is 2.69. The topological polar surface area (TPSA) is 62.3 Å². The van der Waals surface area contributed by atoms with Crippen LogP contribution in [0.1, 0.15) is 32.4 Å². The maximum Gasteiger partial charge on any atom is 0.340 e. The first-order valence-electron chi connectivity index (χ1n) is 5.85. The molecule has 4 heteroatoms. The largest absolute Gasteiger partial charge is 0.458 e. The molecule has 1 atom stereocenters. The summed E-state index contributed by atoms with van der Waals surface area (Å²) in [7, 11) is 0. The zero-order valence-electron chi connectivity index (χ0n) is 10.7. The van der Waals surface area contributed by atoms with Gasteiger partial charge in [0.25, 0.3) is 0 Å². The van der Waals surface area contributed by atoms with Crippen LogP contribution in [0.4, 0.5) is 0 Å². The Hall–Kier alpha value is -1.81. The minimum atomic E-state index is -1.26. The van der Waals surface area contributed by atoms with Crippen molar-refractivity contribution in [3.05, 3.63) is 36.0 Å². The summed E-state index contributed by atoms with van der Waals surface area (Å²) in [6, 6.07) is 7.50. The molecule has 96 valence electrons. The fraction of sp³-hybridized carbons (Fsp3) is 0.357. The van der Waals surface area contributed by atoms with Crippen molar-refractivity contribution in [1.29, 1.82) is 0 Å². The molecule has 18 heavy (non-hydrogen) atoms. The number of benzene rings is 1. The Kier molecular flexibility index (Phi) is 3.13. The number of ether oxygens (including phenoxy) is 1. The van der Waals surface area contributed by atoms with Crippen LogP contribution in [0, 0.1) is 0 Å². The van der Waals surface area contributed by atoms with Crippen molar-refractivity contribution in [3.8, 4) is 0 Å². The van der Waals surface area contributed by atoms with E-state index in [1.54, 1.807) is 27.0 Å². The van der Waals surface area contributed by atoms with Crippen molar-refractivity contribution >= 4 is 16.9 Å². The predicted octanol–water partition coefficient (Wildman–Crippen LogP) is 2.54. The lowest BCUT2D eigenvalue weighted by molar-refractivity contribution is -0.165. The van der Waals surface area contributed by atoms with Gasteiger partial charge in [-0.2, -0.15) is 0 Å². The smallest absolute Gasteiger partial charge is 0.340 e. The molecule has 1 aromatic heterocycles. The molecule has 0 aliphatic heterocycles. The van der Waals surface area contributed by atoms with E-state index in [1.807, 2.05) is 24.3 Å². The number of aliphatic hydroxyl groups is 1. The van der Waals surface area contributed by atoms with Crippen molar-refractivity contribution in [2.75, 3.05) is 0 Å². The van der Waals surface area contributed by atoms with E-state index in [0.717, 1.165) is 10.9 Å². The van der Waals surface area contributed by atoms with Gasteiger partial charge >= 0.3 is 5.97 Å². The summed E-state index contributed by atoms with van der Waals surface area (Å²) in [5, 5.41) is 10.9. The van der Waals surface area contributed by atoms with Gasteiger partial charge in [0, 0.05) is 22.7 Å². The summed E-state index contributed by atoms with van der Waals surface area (Å²) in [4.78, 5) is 14.8. The minimum Gasteiger partial charge on any atom is -0.458 e. The number of H-pyrrole nitrogens is 1. The van der Waals surface area contributed by atoms with Crippen LogP contribution in [0.25, 0.3) is 10.9 Å². The van der Waals surface area contributed by atoms with Crippen LogP contribution < -0.4 is 0 Å². The fourth-order valence-corrected chi connectivity index (χ4v) is 1.80. The average molecular weight is 247 g/mol. The molecule has 1 unspecified atom stereocenters. The monoisotopic (exact) mass is 247 g/mol. The quantitative estimate of drug-likeness (QED) is 0.802. The van der Waals surface area contributed by atoms with E-state index in [9.17, 15) is 9.90 Å². The lowest BCUT2D eigenvalue weighted by Crippen LogP contribution is -2.27. The van der Waals surface area contributed by atoms with E-state index < -0.39 is 17.7 Å². The van der Waals surface area contributed by atoms with Gasteiger partial charge in [-0.25, -0.2) is 4.79 Å². The Morgan fingerprint density at radius 2 is 2.00 bits per heavy atom. The normalized spacial score (nSPS) is 13.6. The van der Waals surface area contributed by atoms with Crippen LogP contribution in [0.2, 0.25) is 0 Å². The fourth-order valence-electron chi connectivity index (χ4n) is 1.80. The number of rotatable bonds is 2. The summed E-state index contributed by atoms with van der Waals surface area (Å²) in [6.07, 6.45) is 0.375. The molecule has 2 rings (SSSR count). The summed E-state index contributed by atoms with van der Waals surface area (Å²) in [6.45, 7) is 5.31. The number of hydrogen-bond acceptors (Lipinski definition) is 3. The second kappa shape index (κ2) is 4.46. The molecule has 1 heterocycles. The molecule has 2 aromatic rings. The minimum absolute atomic E-state index is 0.542. The third-order valence-electron chi connectivity index (χ3n) is 2.55. The first kappa shape index (κ1) is 12.6.